The molecule has 2 atom stereocenters. The maximum atomic E-state index is 12.2. The van der Waals surface area contributed by atoms with E-state index in [1.54, 1.807) is 17.6 Å². The molecule has 1 aromatic heterocycles. The van der Waals surface area contributed by atoms with Gasteiger partial charge in [-0.3, -0.25) is 9.69 Å². The fourth-order valence-electron chi connectivity index (χ4n) is 4.59. The third-order valence-electron chi connectivity index (χ3n) is 6.60. The van der Waals surface area contributed by atoms with Gasteiger partial charge in [-0.25, -0.2) is 0 Å². The molecule has 1 amide bonds. The summed E-state index contributed by atoms with van der Waals surface area (Å²) < 4.78 is 5.98. The van der Waals surface area contributed by atoms with Crippen molar-refractivity contribution in [3.05, 3.63) is 65.7 Å². The summed E-state index contributed by atoms with van der Waals surface area (Å²) in [6, 6.07) is 16.7. The van der Waals surface area contributed by atoms with Crippen LogP contribution in [0.3, 0.4) is 0 Å². The summed E-state index contributed by atoms with van der Waals surface area (Å²) >= 11 is 1.60. The zero-order valence-corrected chi connectivity index (χ0v) is 19.4. The van der Waals surface area contributed by atoms with Crippen molar-refractivity contribution in [2.75, 3.05) is 44.2 Å². The predicted octanol–water partition coefficient (Wildman–Crippen LogP) is 4.19. The fraction of sp³-hybridized carbons (Fsp3) is 0.385. The second-order valence-corrected chi connectivity index (χ2v) is 9.84. The van der Waals surface area contributed by atoms with Crippen LogP contribution in [0.1, 0.15) is 17.5 Å². The second-order valence-electron chi connectivity index (χ2n) is 9.04. The first-order valence-electron chi connectivity index (χ1n) is 11.5. The molecule has 1 saturated carbocycles. The van der Waals surface area contributed by atoms with Crippen molar-refractivity contribution in [3.63, 3.8) is 0 Å². The van der Waals surface area contributed by atoms with Crippen molar-refractivity contribution in [1.29, 1.82) is 0 Å². The highest BCUT2D eigenvalue weighted by atomic mass is 32.1. The van der Waals surface area contributed by atoms with E-state index in [2.05, 4.69) is 58.4 Å². The lowest BCUT2D eigenvalue weighted by Gasteiger charge is -2.35. The van der Waals surface area contributed by atoms with Gasteiger partial charge < -0.3 is 10.2 Å². The summed E-state index contributed by atoms with van der Waals surface area (Å²) in [5.74, 6) is 2.48. The number of hydrogen-bond acceptors (Lipinski definition) is 5. The van der Waals surface area contributed by atoms with Crippen molar-refractivity contribution in [1.82, 2.24) is 14.6 Å². The van der Waals surface area contributed by atoms with E-state index in [0.717, 1.165) is 50.6 Å². The predicted molar refractivity (Wildman–Crippen MR) is 133 cm³/mol. The summed E-state index contributed by atoms with van der Waals surface area (Å²) in [7, 11) is 0. The molecule has 6 heteroatoms. The number of carbonyl (C=O) groups excluding carboxylic acids is 1. The summed E-state index contributed by atoms with van der Waals surface area (Å²) in [5.41, 5.74) is 2.27. The van der Waals surface area contributed by atoms with Crippen molar-refractivity contribution in [2.24, 2.45) is 11.8 Å². The molecule has 1 aliphatic heterocycles. The molecule has 166 valence electrons. The molecule has 1 N–H and O–H groups in total. The van der Waals surface area contributed by atoms with E-state index in [1.165, 1.54) is 22.1 Å². The normalized spacial score (nSPS) is 21.3. The van der Waals surface area contributed by atoms with Crippen molar-refractivity contribution in [2.45, 2.75) is 13.3 Å². The van der Waals surface area contributed by atoms with Crippen LogP contribution in [0.4, 0.5) is 5.82 Å². The van der Waals surface area contributed by atoms with Gasteiger partial charge in [0.1, 0.15) is 5.82 Å². The number of rotatable bonds is 7. The van der Waals surface area contributed by atoms with E-state index in [-0.39, 0.29) is 5.91 Å². The van der Waals surface area contributed by atoms with Gasteiger partial charge in [-0.2, -0.15) is 4.37 Å². The number of piperazine rings is 1. The number of amides is 1. The van der Waals surface area contributed by atoms with E-state index < -0.39 is 0 Å². The number of fused-ring (bicyclic) bond motifs is 1. The summed E-state index contributed by atoms with van der Waals surface area (Å²) in [5, 5.41) is 4.36. The minimum atomic E-state index is 0.00117. The van der Waals surface area contributed by atoms with Crippen LogP contribution in [0.25, 0.3) is 16.2 Å². The first-order chi connectivity index (χ1) is 15.7. The Balaban J connectivity index is 1.03. The fourth-order valence-corrected chi connectivity index (χ4v) is 5.39. The summed E-state index contributed by atoms with van der Waals surface area (Å²) in [6.07, 6.45) is 4.75. The summed E-state index contributed by atoms with van der Waals surface area (Å²) in [6.45, 7) is 8.22. The van der Waals surface area contributed by atoms with Crippen molar-refractivity contribution >= 4 is 39.4 Å². The largest absolute Gasteiger partial charge is 0.353 e. The summed E-state index contributed by atoms with van der Waals surface area (Å²) in [4.78, 5) is 17.2. The monoisotopic (exact) mass is 446 g/mol. The zero-order chi connectivity index (χ0) is 21.9. The first-order valence-corrected chi connectivity index (χ1v) is 12.3. The number of nitrogens with zero attached hydrogens (tertiary/aromatic N) is 3. The van der Waals surface area contributed by atoms with Gasteiger partial charge in [0.15, 0.2) is 0 Å². The second kappa shape index (κ2) is 9.43. The Kier molecular flexibility index (Phi) is 6.23. The minimum Gasteiger partial charge on any atom is -0.353 e. The van der Waals surface area contributed by atoms with Gasteiger partial charge in [-0.15, -0.1) is 0 Å². The molecule has 2 fully saturated rings. The third kappa shape index (κ3) is 5.03. The van der Waals surface area contributed by atoms with Gasteiger partial charge in [0.2, 0.25) is 5.91 Å². The number of aryl methyl sites for hydroxylation is 1. The Labute approximate surface area is 193 Å². The Morgan fingerprint density at radius 1 is 1.12 bits per heavy atom. The molecule has 2 aromatic carbocycles. The van der Waals surface area contributed by atoms with E-state index in [9.17, 15) is 4.79 Å². The molecule has 5 nitrogen and oxygen atoms in total. The molecule has 0 spiro atoms. The van der Waals surface area contributed by atoms with Gasteiger partial charge in [-0.05, 0) is 60.5 Å². The molecular formula is C26H30N4OS. The molecule has 32 heavy (non-hydrogen) atoms. The molecular weight excluding hydrogens is 416 g/mol. The van der Waals surface area contributed by atoms with Crippen LogP contribution in [0.15, 0.2) is 54.6 Å². The van der Waals surface area contributed by atoms with Crippen LogP contribution in [-0.2, 0) is 4.79 Å². The molecule has 5 rings (SSSR count). The number of nitrogens with one attached hydrogen (secondary N) is 1. The van der Waals surface area contributed by atoms with Gasteiger partial charge in [-0.1, -0.05) is 42.0 Å². The highest BCUT2D eigenvalue weighted by Gasteiger charge is 2.38. The van der Waals surface area contributed by atoms with E-state index in [1.807, 2.05) is 18.2 Å². The highest BCUT2D eigenvalue weighted by molar-refractivity contribution is 7.13. The van der Waals surface area contributed by atoms with E-state index >= 15 is 0 Å². The average molecular weight is 447 g/mol. The average Bonchev–Trinajstić information content (AvgIpc) is 3.41. The molecule has 1 saturated heterocycles. The Bertz CT molecular complexity index is 1120. The molecule has 0 unspecified atom stereocenters. The van der Waals surface area contributed by atoms with Crippen LogP contribution in [0.5, 0.6) is 0 Å². The maximum absolute atomic E-state index is 12.2. The van der Waals surface area contributed by atoms with Gasteiger partial charge in [0.25, 0.3) is 0 Å². The third-order valence-corrected chi connectivity index (χ3v) is 7.42. The Hall–Kier alpha value is -2.70. The van der Waals surface area contributed by atoms with E-state index in [4.69, 9.17) is 4.37 Å². The van der Waals surface area contributed by atoms with Crippen molar-refractivity contribution in [3.8, 4) is 0 Å². The first kappa shape index (κ1) is 21.2. The van der Waals surface area contributed by atoms with Crippen LogP contribution >= 0.6 is 11.5 Å². The quantitative estimate of drug-likeness (QED) is 0.553. The number of anilines is 1. The van der Waals surface area contributed by atoms with Gasteiger partial charge in [0, 0.05) is 50.7 Å². The van der Waals surface area contributed by atoms with Crippen LogP contribution < -0.4 is 10.2 Å². The smallest absolute Gasteiger partial charge is 0.244 e. The molecule has 2 heterocycles. The lowest BCUT2D eigenvalue weighted by atomic mass is 10.1. The van der Waals surface area contributed by atoms with Crippen molar-refractivity contribution < 1.29 is 4.79 Å². The molecule has 0 bridgehead atoms. The van der Waals surface area contributed by atoms with Gasteiger partial charge in [0.05, 0.1) is 4.70 Å². The Morgan fingerprint density at radius 2 is 1.97 bits per heavy atom. The number of benzene rings is 2. The van der Waals surface area contributed by atoms with Gasteiger partial charge >= 0.3 is 0 Å². The standard InChI is InChI=1S/C26H30N4OS/c1-19-5-4-6-20(15-19)9-10-25(31)27-17-21-16-22(21)18-29-11-13-30(14-12-29)26-23-7-2-3-8-24(23)32-28-26/h2-10,15,21-22H,11-14,16-18H2,1H3,(H,27,31)/t21-,22-/m1/s1. The van der Waals surface area contributed by atoms with Crippen LogP contribution in [0.2, 0.25) is 0 Å². The lowest BCUT2D eigenvalue weighted by Crippen LogP contribution is -2.47. The Morgan fingerprint density at radius 3 is 2.81 bits per heavy atom. The number of aromatic nitrogens is 1. The molecule has 1 aliphatic carbocycles. The van der Waals surface area contributed by atoms with E-state index in [0.29, 0.717) is 11.8 Å². The maximum Gasteiger partial charge on any atom is 0.244 e. The number of carbonyl (C=O) groups is 1. The molecule has 3 aromatic rings. The molecule has 0 radical (unpaired) electrons. The lowest BCUT2D eigenvalue weighted by molar-refractivity contribution is -0.116. The zero-order valence-electron chi connectivity index (χ0n) is 18.5. The SMILES string of the molecule is Cc1cccc(C=CC(=O)NC[C@H]2C[C@@H]2CN2CCN(c3nsc4ccccc34)CC2)c1. The highest BCUT2D eigenvalue weighted by Crippen LogP contribution is 2.39. The van der Waals surface area contributed by atoms with Crippen LogP contribution in [-0.4, -0.2) is 54.4 Å². The topological polar surface area (TPSA) is 48.5 Å². The minimum absolute atomic E-state index is 0.00117. The number of hydrogen-bond donors (Lipinski definition) is 1. The van der Waals surface area contributed by atoms with Crippen LogP contribution in [0, 0.1) is 18.8 Å². The molecule has 2 aliphatic rings.